The molecule has 116 valence electrons. The first-order valence-corrected chi connectivity index (χ1v) is 8.03. The van der Waals surface area contributed by atoms with Crippen molar-refractivity contribution in [2.75, 3.05) is 11.9 Å². The van der Waals surface area contributed by atoms with Gasteiger partial charge in [0.05, 0.1) is 12.3 Å². The summed E-state index contributed by atoms with van der Waals surface area (Å²) < 4.78 is 20.1. The summed E-state index contributed by atoms with van der Waals surface area (Å²) >= 11 is 2.02. The Bertz CT molecular complexity index is 656. The van der Waals surface area contributed by atoms with Crippen LogP contribution < -0.4 is 10.1 Å². The van der Waals surface area contributed by atoms with Gasteiger partial charge in [-0.05, 0) is 71.0 Å². The molecular weight excluding hydrogens is 396 g/mol. The zero-order valence-corrected chi connectivity index (χ0v) is 14.6. The number of hydrogen-bond acceptors (Lipinski definition) is 2. The predicted molar refractivity (Wildman–Crippen MR) is 93.8 cm³/mol. The molecule has 0 saturated carbocycles. The molecule has 1 amide bonds. The maximum Gasteiger partial charge on any atom is 0.255 e. The summed E-state index contributed by atoms with van der Waals surface area (Å²) in [6.45, 7) is 4.76. The number of anilines is 1. The summed E-state index contributed by atoms with van der Waals surface area (Å²) in [4.78, 5) is 12.1. The highest BCUT2D eigenvalue weighted by Crippen LogP contribution is 2.19. The second-order valence-corrected chi connectivity index (χ2v) is 6.55. The summed E-state index contributed by atoms with van der Waals surface area (Å²) in [6.07, 6.45) is 0. The van der Waals surface area contributed by atoms with Crippen LogP contribution in [-0.4, -0.2) is 12.5 Å². The van der Waals surface area contributed by atoms with Crippen molar-refractivity contribution in [1.82, 2.24) is 0 Å². The summed E-state index contributed by atoms with van der Waals surface area (Å²) in [6, 6.07) is 11.5. The molecule has 2 aromatic rings. The molecule has 5 heteroatoms. The van der Waals surface area contributed by atoms with Crippen LogP contribution in [0.3, 0.4) is 0 Å². The van der Waals surface area contributed by atoms with Crippen molar-refractivity contribution in [3.05, 3.63) is 57.4 Å². The lowest BCUT2D eigenvalue weighted by atomic mass is 10.2. The predicted octanol–water partition coefficient (Wildman–Crippen LogP) is 4.72. The molecule has 0 atom stereocenters. The fraction of sp³-hybridized carbons (Fsp3) is 0.235. The van der Waals surface area contributed by atoms with Crippen LogP contribution in [0.5, 0.6) is 5.75 Å². The molecule has 1 N–H and O–H groups in total. The van der Waals surface area contributed by atoms with Crippen molar-refractivity contribution < 1.29 is 13.9 Å². The molecule has 3 nitrogen and oxygen atoms in total. The van der Waals surface area contributed by atoms with E-state index in [0.29, 0.717) is 23.8 Å². The van der Waals surface area contributed by atoms with Gasteiger partial charge in [-0.1, -0.05) is 13.8 Å². The van der Waals surface area contributed by atoms with E-state index in [1.165, 1.54) is 6.07 Å². The molecule has 22 heavy (non-hydrogen) atoms. The molecule has 0 saturated heterocycles. The molecule has 0 radical (unpaired) electrons. The number of halogens is 2. The van der Waals surface area contributed by atoms with Gasteiger partial charge in [-0.2, -0.15) is 0 Å². The van der Waals surface area contributed by atoms with E-state index < -0.39 is 5.82 Å². The first-order chi connectivity index (χ1) is 10.5. The monoisotopic (exact) mass is 413 g/mol. The Hall–Kier alpha value is -1.63. The summed E-state index contributed by atoms with van der Waals surface area (Å²) in [5, 5.41) is 2.57. The Kier molecular flexibility index (Phi) is 5.76. The molecule has 0 bridgehead atoms. The van der Waals surface area contributed by atoms with Crippen LogP contribution in [0.1, 0.15) is 24.2 Å². The van der Waals surface area contributed by atoms with Gasteiger partial charge in [0, 0.05) is 9.13 Å². The summed E-state index contributed by atoms with van der Waals surface area (Å²) in [5.41, 5.74) is 0.625. The summed E-state index contributed by atoms with van der Waals surface area (Å²) in [5.74, 6) is 0.352. The fourth-order valence-electron chi connectivity index (χ4n) is 1.75. The Morgan fingerprint density at radius 3 is 2.50 bits per heavy atom. The molecular formula is C17H17FINO2. The number of nitrogens with one attached hydrogen (secondary N) is 1. The molecule has 2 rings (SSSR count). The van der Waals surface area contributed by atoms with E-state index in [0.717, 1.165) is 3.57 Å². The second-order valence-electron chi connectivity index (χ2n) is 5.31. The van der Waals surface area contributed by atoms with Crippen molar-refractivity contribution in [1.29, 1.82) is 0 Å². The molecule has 0 spiro atoms. The van der Waals surface area contributed by atoms with E-state index in [1.807, 2.05) is 22.6 Å². The fourth-order valence-corrected chi connectivity index (χ4v) is 2.20. The molecule has 0 heterocycles. The first kappa shape index (κ1) is 16.7. The topological polar surface area (TPSA) is 38.3 Å². The number of ether oxygens (including phenoxy) is 1. The Morgan fingerprint density at radius 1 is 1.23 bits per heavy atom. The van der Waals surface area contributed by atoms with E-state index in [4.69, 9.17) is 4.74 Å². The van der Waals surface area contributed by atoms with Crippen molar-refractivity contribution in [2.45, 2.75) is 13.8 Å². The number of carbonyl (C=O) groups excluding carboxylic acids is 1. The van der Waals surface area contributed by atoms with E-state index in [2.05, 4.69) is 19.2 Å². The van der Waals surface area contributed by atoms with Crippen molar-refractivity contribution >= 4 is 34.2 Å². The SMILES string of the molecule is CC(C)COc1ccc(C(=O)Nc2ccc(I)cc2F)cc1. The van der Waals surface area contributed by atoms with Crippen LogP contribution in [0, 0.1) is 15.3 Å². The van der Waals surface area contributed by atoms with Gasteiger partial charge in [-0.15, -0.1) is 0 Å². The number of amides is 1. The van der Waals surface area contributed by atoms with Crippen LogP contribution >= 0.6 is 22.6 Å². The highest BCUT2D eigenvalue weighted by atomic mass is 127. The molecule has 0 aromatic heterocycles. The van der Waals surface area contributed by atoms with Gasteiger partial charge in [0.25, 0.3) is 5.91 Å². The first-order valence-electron chi connectivity index (χ1n) is 6.95. The van der Waals surface area contributed by atoms with Gasteiger partial charge < -0.3 is 10.1 Å². The highest BCUT2D eigenvalue weighted by molar-refractivity contribution is 14.1. The average Bonchev–Trinajstić information content (AvgIpc) is 2.48. The maximum absolute atomic E-state index is 13.7. The van der Waals surface area contributed by atoms with E-state index in [9.17, 15) is 9.18 Å². The number of carbonyl (C=O) groups is 1. The number of rotatable bonds is 5. The Morgan fingerprint density at radius 2 is 1.91 bits per heavy atom. The third-order valence-corrected chi connectivity index (χ3v) is 3.55. The van der Waals surface area contributed by atoms with Gasteiger partial charge >= 0.3 is 0 Å². The van der Waals surface area contributed by atoms with Crippen LogP contribution in [0.15, 0.2) is 42.5 Å². The largest absolute Gasteiger partial charge is 0.493 e. The summed E-state index contributed by atoms with van der Waals surface area (Å²) in [7, 11) is 0. The highest BCUT2D eigenvalue weighted by Gasteiger charge is 2.10. The molecule has 0 aliphatic rings. The molecule has 0 aliphatic heterocycles. The van der Waals surface area contributed by atoms with Crippen molar-refractivity contribution in [2.24, 2.45) is 5.92 Å². The van der Waals surface area contributed by atoms with Gasteiger partial charge in [-0.25, -0.2) is 4.39 Å². The normalized spacial score (nSPS) is 10.6. The van der Waals surface area contributed by atoms with Gasteiger partial charge in [0.15, 0.2) is 0 Å². The van der Waals surface area contributed by atoms with Crippen molar-refractivity contribution in [3.63, 3.8) is 0 Å². The third kappa shape index (κ3) is 4.69. The lowest BCUT2D eigenvalue weighted by Crippen LogP contribution is -2.13. The minimum atomic E-state index is -0.447. The van der Waals surface area contributed by atoms with Gasteiger partial charge in [-0.3, -0.25) is 4.79 Å². The van der Waals surface area contributed by atoms with Gasteiger partial charge in [0.1, 0.15) is 11.6 Å². The Labute approximate surface area is 143 Å². The minimum absolute atomic E-state index is 0.172. The number of benzene rings is 2. The standard InChI is InChI=1S/C17H17FINO2/c1-11(2)10-22-14-6-3-12(4-7-14)17(21)20-16-8-5-13(19)9-15(16)18/h3-9,11H,10H2,1-2H3,(H,20,21). The van der Waals surface area contributed by atoms with Gasteiger partial charge in [0.2, 0.25) is 0 Å². The molecule has 0 unspecified atom stereocenters. The third-order valence-electron chi connectivity index (χ3n) is 2.88. The van der Waals surface area contributed by atoms with E-state index in [-0.39, 0.29) is 11.6 Å². The average molecular weight is 413 g/mol. The van der Waals surface area contributed by atoms with Crippen LogP contribution in [0.2, 0.25) is 0 Å². The quantitative estimate of drug-likeness (QED) is 0.721. The van der Waals surface area contributed by atoms with Crippen molar-refractivity contribution in [3.8, 4) is 5.75 Å². The lowest BCUT2D eigenvalue weighted by molar-refractivity contribution is 0.102. The Balaban J connectivity index is 2.03. The molecule has 0 aliphatic carbocycles. The van der Waals surface area contributed by atoms with E-state index >= 15 is 0 Å². The van der Waals surface area contributed by atoms with Crippen LogP contribution in [0.25, 0.3) is 0 Å². The minimum Gasteiger partial charge on any atom is -0.493 e. The molecule has 2 aromatic carbocycles. The smallest absolute Gasteiger partial charge is 0.255 e. The van der Waals surface area contributed by atoms with Crippen LogP contribution in [-0.2, 0) is 0 Å². The van der Waals surface area contributed by atoms with Crippen LogP contribution in [0.4, 0.5) is 10.1 Å². The maximum atomic E-state index is 13.7. The molecule has 0 fully saturated rings. The zero-order chi connectivity index (χ0) is 16.1. The zero-order valence-electron chi connectivity index (χ0n) is 12.4. The second kappa shape index (κ2) is 7.58. The lowest BCUT2D eigenvalue weighted by Gasteiger charge is -2.10. The van der Waals surface area contributed by atoms with E-state index in [1.54, 1.807) is 36.4 Å². The number of hydrogen-bond donors (Lipinski definition) is 1.